The molecule has 0 aromatic carbocycles. The van der Waals surface area contributed by atoms with Crippen molar-refractivity contribution in [3.05, 3.63) is 0 Å². The molecule has 5 nitrogen and oxygen atoms in total. The van der Waals surface area contributed by atoms with E-state index in [-0.39, 0.29) is 0 Å². The first-order valence-corrected chi connectivity index (χ1v) is 8.68. The summed E-state index contributed by atoms with van der Waals surface area (Å²) in [6, 6.07) is 1.32. The van der Waals surface area contributed by atoms with Gasteiger partial charge in [-0.1, -0.05) is 19.3 Å². The Morgan fingerprint density at radius 2 is 1.50 bits per heavy atom. The smallest absolute Gasteiger partial charge is 0.377 e. The Balaban J connectivity index is 0.000000351. The maximum atomic E-state index is 5.63. The van der Waals surface area contributed by atoms with Crippen LogP contribution in [0.4, 0.5) is 0 Å². The number of rotatable bonds is 6. The van der Waals surface area contributed by atoms with Gasteiger partial charge in [0.05, 0.1) is 0 Å². The topological polar surface area (TPSA) is 79.7 Å². The molecule has 0 radical (unpaired) electrons. The number of nitrogens with two attached hydrogens (primary N) is 2. The van der Waals surface area contributed by atoms with Crippen molar-refractivity contribution in [2.45, 2.75) is 50.6 Å². The van der Waals surface area contributed by atoms with Crippen LogP contribution < -0.4 is 11.5 Å². The molecule has 0 spiro atoms. The number of hydrogen-bond donors (Lipinski definition) is 2. The molecule has 1 saturated carbocycles. The van der Waals surface area contributed by atoms with Gasteiger partial charge in [0.2, 0.25) is 0 Å². The molecular formula is C12H30N2O3Si. The van der Waals surface area contributed by atoms with E-state index in [9.17, 15) is 0 Å². The third kappa shape index (κ3) is 7.45. The van der Waals surface area contributed by atoms with Crippen molar-refractivity contribution < 1.29 is 13.3 Å². The van der Waals surface area contributed by atoms with Gasteiger partial charge in [-0.05, 0) is 25.8 Å². The summed E-state index contributed by atoms with van der Waals surface area (Å²) in [4.78, 5) is 0. The van der Waals surface area contributed by atoms with E-state index in [0.717, 1.165) is 12.5 Å². The van der Waals surface area contributed by atoms with Crippen molar-refractivity contribution in [3.63, 3.8) is 0 Å². The van der Waals surface area contributed by atoms with E-state index >= 15 is 0 Å². The molecular weight excluding hydrogens is 248 g/mol. The lowest BCUT2D eigenvalue weighted by Gasteiger charge is -2.23. The third-order valence-corrected chi connectivity index (χ3v) is 6.10. The van der Waals surface area contributed by atoms with Crippen LogP contribution in [-0.4, -0.2) is 42.7 Å². The Morgan fingerprint density at radius 3 is 1.78 bits per heavy atom. The van der Waals surface area contributed by atoms with E-state index < -0.39 is 8.80 Å². The van der Waals surface area contributed by atoms with Crippen molar-refractivity contribution >= 4 is 8.80 Å². The van der Waals surface area contributed by atoms with Crippen LogP contribution in [0.3, 0.4) is 0 Å². The predicted octanol–water partition coefficient (Wildman–Crippen LogP) is 1.49. The van der Waals surface area contributed by atoms with Gasteiger partial charge in [-0.3, -0.25) is 0 Å². The molecule has 4 N–H and O–H groups in total. The maximum Gasteiger partial charge on any atom is 0.500 e. The summed E-state index contributed by atoms with van der Waals surface area (Å²) >= 11 is 0. The van der Waals surface area contributed by atoms with Gasteiger partial charge in [-0.25, -0.2) is 0 Å². The van der Waals surface area contributed by atoms with E-state index in [2.05, 4.69) is 0 Å². The first kappa shape index (κ1) is 18.0. The molecule has 0 heterocycles. The average molecular weight is 278 g/mol. The van der Waals surface area contributed by atoms with Crippen LogP contribution in [0.15, 0.2) is 0 Å². The Labute approximate surface area is 113 Å². The third-order valence-electron chi connectivity index (χ3n) is 3.27. The predicted molar refractivity (Wildman–Crippen MR) is 76.3 cm³/mol. The van der Waals surface area contributed by atoms with Crippen molar-refractivity contribution in [2.24, 2.45) is 11.5 Å². The van der Waals surface area contributed by atoms with Gasteiger partial charge in [0.25, 0.3) is 0 Å². The fourth-order valence-electron chi connectivity index (χ4n) is 2.01. The summed E-state index contributed by atoms with van der Waals surface area (Å²) in [5, 5.41) is 0. The summed E-state index contributed by atoms with van der Waals surface area (Å²) in [6.45, 7) is 0.644. The van der Waals surface area contributed by atoms with Gasteiger partial charge in [0.15, 0.2) is 0 Å². The van der Waals surface area contributed by atoms with Gasteiger partial charge in [0, 0.05) is 33.4 Å². The minimum Gasteiger partial charge on any atom is -0.377 e. The summed E-state index contributed by atoms with van der Waals surface area (Å²) in [7, 11) is 2.50. The van der Waals surface area contributed by atoms with Gasteiger partial charge in [0.1, 0.15) is 0 Å². The molecule has 0 amide bonds. The molecule has 0 bridgehead atoms. The normalized spacial score (nSPS) is 17.2. The highest BCUT2D eigenvalue weighted by Crippen LogP contribution is 2.15. The van der Waals surface area contributed by atoms with Gasteiger partial charge in [-0.2, -0.15) is 0 Å². The lowest BCUT2D eigenvalue weighted by molar-refractivity contribution is 0.123. The van der Waals surface area contributed by atoms with Crippen molar-refractivity contribution in [1.29, 1.82) is 0 Å². The van der Waals surface area contributed by atoms with Crippen molar-refractivity contribution in [1.82, 2.24) is 0 Å². The highest BCUT2D eigenvalue weighted by Gasteiger charge is 2.36. The molecule has 6 heteroatoms. The van der Waals surface area contributed by atoms with Crippen LogP contribution >= 0.6 is 0 Å². The van der Waals surface area contributed by atoms with Gasteiger partial charge >= 0.3 is 8.80 Å². The standard InChI is InChI=1S/C6H17NO3Si.C6H13N/c1-8-11(9-2,10-3)6-4-5-7;7-6-4-2-1-3-5-6/h4-7H2,1-3H3;6H,1-5,7H2. The van der Waals surface area contributed by atoms with Crippen LogP contribution in [0.5, 0.6) is 0 Å². The first-order chi connectivity index (χ1) is 8.64. The fourth-order valence-corrected chi connectivity index (χ4v) is 3.76. The van der Waals surface area contributed by atoms with Crippen LogP contribution in [-0.2, 0) is 13.3 Å². The second-order valence-corrected chi connectivity index (χ2v) is 7.68. The van der Waals surface area contributed by atoms with Crippen LogP contribution in [0.2, 0.25) is 6.04 Å². The van der Waals surface area contributed by atoms with E-state index in [1.807, 2.05) is 0 Å². The van der Waals surface area contributed by atoms with Crippen molar-refractivity contribution in [2.75, 3.05) is 27.9 Å². The lowest BCUT2D eigenvalue weighted by Crippen LogP contribution is -2.42. The molecule has 0 saturated heterocycles. The first-order valence-electron chi connectivity index (χ1n) is 6.75. The monoisotopic (exact) mass is 278 g/mol. The van der Waals surface area contributed by atoms with Crippen LogP contribution in [0.1, 0.15) is 38.5 Å². The molecule has 0 aromatic heterocycles. The molecule has 18 heavy (non-hydrogen) atoms. The molecule has 1 aliphatic carbocycles. The zero-order valence-electron chi connectivity index (χ0n) is 12.1. The Kier molecular flexibility index (Phi) is 10.9. The molecule has 1 fully saturated rings. The quantitative estimate of drug-likeness (QED) is 0.720. The minimum atomic E-state index is -2.32. The lowest BCUT2D eigenvalue weighted by atomic mass is 9.97. The van der Waals surface area contributed by atoms with E-state index in [1.54, 1.807) is 21.3 Å². The molecule has 0 aromatic rings. The van der Waals surface area contributed by atoms with Crippen LogP contribution in [0, 0.1) is 0 Å². The van der Waals surface area contributed by atoms with Gasteiger partial charge < -0.3 is 24.7 Å². The second kappa shape index (κ2) is 10.9. The highest BCUT2D eigenvalue weighted by atomic mass is 28.4. The van der Waals surface area contributed by atoms with E-state index in [4.69, 9.17) is 24.7 Å². The summed E-state index contributed by atoms with van der Waals surface area (Å²) < 4.78 is 15.5. The van der Waals surface area contributed by atoms with Crippen molar-refractivity contribution in [3.8, 4) is 0 Å². The fraction of sp³-hybridized carbons (Fsp3) is 1.00. The molecule has 110 valence electrons. The Bertz CT molecular complexity index is 178. The molecule has 1 aliphatic rings. The maximum absolute atomic E-state index is 5.63. The summed E-state index contributed by atoms with van der Waals surface area (Å²) in [5.74, 6) is 0. The SMILES string of the molecule is CO[Si](CCCN)(OC)OC.NC1CCCCC1. The Hall–Kier alpha value is 0.0169. The van der Waals surface area contributed by atoms with Gasteiger partial charge in [-0.15, -0.1) is 0 Å². The zero-order valence-corrected chi connectivity index (χ0v) is 13.1. The molecule has 0 atom stereocenters. The molecule has 1 rings (SSSR count). The van der Waals surface area contributed by atoms with E-state index in [0.29, 0.717) is 12.6 Å². The largest absolute Gasteiger partial charge is 0.500 e. The summed E-state index contributed by atoms with van der Waals surface area (Å²) in [5.41, 5.74) is 11.0. The van der Waals surface area contributed by atoms with E-state index in [1.165, 1.54) is 32.1 Å². The number of hydrogen-bond acceptors (Lipinski definition) is 5. The Morgan fingerprint density at radius 1 is 1.00 bits per heavy atom. The highest BCUT2D eigenvalue weighted by molar-refractivity contribution is 6.60. The average Bonchev–Trinajstić information content (AvgIpc) is 2.43. The second-order valence-electron chi connectivity index (χ2n) is 4.59. The molecule has 0 unspecified atom stereocenters. The summed E-state index contributed by atoms with van der Waals surface area (Å²) in [6.07, 6.45) is 7.54. The molecule has 0 aliphatic heterocycles. The minimum absolute atomic E-state index is 0.536. The van der Waals surface area contributed by atoms with Crippen LogP contribution in [0.25, 0.3) is 0 Å². The zero-order chi connectivity index (χ0) is 13.9.